The molecule has 5 heteroatoms. The topological polar surface area (TPSA) is 0 Å². The minimum atomic E-state index is 0.0729. The van der Waals surface area contributed by atoms with Gasteiger partial charge in [0.05, 0.1) is 14.9 Å². The van der Waals surface area contributed by atoms with Crippen LogP contribution in [0.25, 0.3) is 0 Å². The standard InChI is InChI=1S/C12H8Br2Cl2S/c1-6-8(13)5-10(17-6)11(14)7-3-2-4-9(15)12(7)16/h2-5,11H,1H3. The number of rotatable bonds is 2. The molecular weight excluding hydrogens is 407 g/mol. The first kappa shape index (κ1) is 13.9. The van der Waals surface area contributed by atoms with E-state index in [1.807, 2.05) is 12.1 Å². The molecule has 0 amide bonds. The van der Waals surface area contributed by atoms with Crippen LogP contribution in [0.3, 0.4) is 0 Å². The number of alkyl halides is 1. The van der Waals surface area contributed by atoms with Crippen molar-refractivity contribution < 1.29 is 0 Å². The van der Waals surface area contributed by atoms with Crippen LogP contribution in [0.2, 0.25) is 10.0 Å². The highest BCUT2D eigenvalue weighted by molar-refractivity contribution is 9.10. The van der Waals surface area contributed by atoms with Crippen LogP contribution in [0.1, 0.15) is 20.1 Å². The Bertz CT molecular complexity index is 532. The Labute approximate surface area is 131 Å². The van der Waals surface area contributed by atoms with Gasteiger partial charge in [-0.3, -0.25) is 0 Å². The van der Waals surface area contributed by atoms with Crippen molar-refractivity contribution in [2.24, 2.45) is 0 Å². The van der Waals surface area contributed by atoms with Crippen molar-refractivity contribution in [3.63, 3.8) is 0 Å². The second-order valence-corrected chi connectivity index (χ2v) is 7.40. The Morgan fingerprint density at radius 1 is 1.29 bits per heavy atom. The number of aryl methyl sites for hydroxylation is 1. The number of hydrogen-bond donors (Lipinski definition) is 0. The van der Waals surface area contributed by atoms with Gasteiger partial charge in [-0.2, -0.15) is 0 Å². The molecule has 0 aliphatic heterocycles. The second kappa shape index (κ2) is 5.62. The minimum absolute atomic E-state index is 0.0729. The van der Waals surface area contributed by atoms with Crippen molar-refractivity contribution in [1.29, 1.82) is 0 Å². The molecule has 17 heavy (non-hydrogen) atoms. The molecule has 2 aromatic rings. The molecule has 1 heterocycles. The lowest BCUT2D eigenvalue weighted by molar-refractivity contribution is 1.22. The second-order valence-electron chi connectivity index (χ2n) is 3.56. The van der Waals surface area contributed by atoms with Gasteiger partial charge in [0.25, 0.3) is 0 Å². The fourth-order valence-corrected chi connectivity index (χ4v) is 4.38. The average molecular weight is 415 g/mol. The van der Waals surface area contributed by atoms with Crippen molar-refractivity contribution in [1.82, 2.24) is 0 Å². The summed E-state index contributed by atoms with van der Waals surface area (Å²) in [7, 11) is 0. The van der Waals surface area contributed by atoms with Gasteiger partial charge in [-0.1, -0.05) is 51.3 Å². The number of hydrogen-bond acceptors (Lipinski definition) is 1. The molecule has 0 radical (unpaired) electrons. The van der Waals surface area contributed by atoms with Gasteiger partial charge < -0.3 is 0 Å². The summed E-state index contributed by atoms with van der Waals surface area (Å²) < 4.78 is 1.13. The lowest BCUT2D eigenvalue weighted by Gasteiger charge is -2.11. The number of benzene rings is 1. The van der Waals surface area contributed by atoms with Crippen LogP contribution >= 0.6 is 66.4 Å². The third kappa shape index (κ3) is 2.90. The van der Waals surface area contributed by atoms with Crippen molar-refractivity contribution >= 4 is 66.4 Å². The molecular formula is C12H8Br2Cl2S. The Morgan fingerprint density at radius 3 is 2.59 bits per heavy atom. The summed E-state index contributed by atoms with van der Waals surface area (Å²) in [6, 6.07) is 7.79. The van der Waals surface area contributed by atoms with Crippen molar-refractivity contribution in [2.75, 3.05) is 0 Å². The molecule has 0 N–H and O–H groups in total. The lowest BCUT2D eigenvalue weighted by atomic mass is 10.1. The van der Waals surface area contributed by atoms with Gasteiger partial charge in [0, 0.05) is 14.2 Å². The number of halogens is 4. The van der Waals surface area contributed by atoms with Gasteiger partial charge >= 0.3 is 0 Å². The average Bonchev–Trinajstić information content (AvgIpc) is 2.62. The van der Waals surface area contributed by atoms with E-state index in [0.29, 0.717) is 10.0 Å². The molecule has 1 atom stereocenters. The highest BCUT2D eigenvalue weighted by Gasteiger charge is 2.18. The van der Waals surface area contributed by atoms with Crippen LogP contribution in [0.4, 0.5) is 0 Å². The molecule has 1 unspecified atom stereocenters. The lowest BCUT2D eigenvalue weighted by Crippen LogP contribution is -1.91. The summed E-state index contributed by atoms with van der Waals surface area (Å²) >= 11 is 21.2. The largest absolute Gasteiger partial charge is 0.143 e. The number of thiophene rings is 1. The minimum Gasteiger partial charge on any atom is -0.143 e. The fourth-order valence-electron chi connectivity index (χ4n) is 1.48. The summed E-state index contributed by atoms with van der Waals surface area (Å²) in [5, 5.41) is 1.19. The molecule has 0 fully saturated rings. The van der Waals surface area contributed by atoms with Gasteiger partial charge in [0.1, 0.15) is 0 Å². The zero-order valence-electron chi connectivity index (χ0n) is 8.81. The Morgan fingerprint density at radius 2 is 2.00 bits per heavy atom. The third-order valence-corrected chi connectivity index (χ3v) is 6.71. The fraction of sp³-hybridized carbons (Fsp3) is 0.167. The Balaban J connectivity index is 2.43. The van der Waals surface area contributed by atoms with E-state index in [1.54, 1.807) is 17.4 Å². The summed E-state index contributed by atoms with van der Waals surface area (Å²) in [6.07, 6.45) is 0. The van der Waals surface area contributed by atoms with E-state index < -0.39 is 0 Å². The van der Waals surface area contributed by atoms with Crippen LogP contribution in [-0.4, -0.2) is 0 Å². The summed E-state index contributed by atoms with van der Waals surface area (Å²) in [5.74, 6) is 0. The van der Waals surface area contributed by atoms with Crippen molar-refractivity contribution in [2.45, 2.75) is 11.8 Å². The van der Waals surface area contributed by atoms with Crippen LogP contribution < -0.4 is 0 Å². The highest BCUT2D eigenvalue weighted by atomic mass is 79.9. The van der Waals surface area contributed by atoms with E-state index in [2.05, 4.69) is 44.8 Å². The monoisotopic (exact) mass is 412 g/mol. The quantitative estimate of drug-likeness (QED) is 0.485. The maximum atomic E-state index is 6.22. The molecule has 0 aliphatic carbocycles. The maximum absolute atomic E-state index is 6.22. The predicted octanol–water partition coefficient (Wildman–Crippen LogP) is 6.61. The molecule has 0 saturated carbocycles. The van der Waals surface area contributed by atoms with Crippen LogP contribution in [0, 0.1) is 6.92 Å². The molecule has 1 aromatic heterocycles. The maximum Gasteiger partial charge on any atom is 0.0753 e. The first-order valence-corrected chi connectivity index (χ1v) is 8.12. The zero-order valence-corrected chi connectivity index (χ0v) is 14.3. The van der Waals surface area contributed by atoms with Gasteiger partial charge in [0.2, 0.25) is 0 Å². The third-order valence-electron chi connectivity index (χ3n) is 2.38. The summed E-state index contributed by atoms with van der Waals surface area (Å²) in [6.45, 7) is 2.08. The highest BCUT2D eigenvalue weighted by Crippen LogP contribution is 2.42. The van der Waals surface area contributed by atoms with Gasteiger partial charge in [-0.15, -0.1) is 11.3 Å². The first-order valence-electron chi connectivity index (χ1n) is 4.84. The van der Waals surface area contributed by atoms with E-state index in [-0.39, 0.29) is 4.83 Å². The summed E-state index contributed by atoms with van der Waals surface area (Å²) in [4.78, 5) is 2.53. The normalized spacial score (nSPS) is 12.8. The van der Waals surface area contributed by atoms with Gasteiger partial charge in [-0.05, 0) is 40.5 Å². The Kier molecular flexibility index (Phi) is 4.59. The molecule has 0 nitrogen and oxygen atoms in total. The van der Waals surface area contributed by atoms with Crippen molar-refractivity contribution in [3.8, 4) is 0 Å². The molecule has 1 aromatic carbocycles. The van der Waals surface area contributed by atoms with Gasteiger partial charge in [-0.25, -0.2) is 0 Å². The van der Waals surface area contributed by atoms with E-state index >= 15 is 0 Å². The first-order chi connectivity index (χ1) is 8.00. The Hall–Kier alpha value is 0.460. The molecule has 0 bridgehead atoms. The van der Waals surface area contributed by atoms with Crippen LogP contribution in [0.15, 0.2) is 28.7 Å². The van der Waals surface area contributed by atoms with Crippen LogP contribution in [-0.2, 0) is 0 Å². The summed E-state index contributed by atoms with van der Waals surface area (Å²) in [5.41, 5.74) is 0.993. The van der Waals surface area contributed by atoms with Crippen molar-refractivity contribution in [3.05, 3.63) is 54.1 Å². The smallest absolute Gasteiger partial charge is 0.0753 e. The molecule has 0 spiro atoms. The van der Waals surface area contributed by atoms with Crippen LogP contribution in [0.5, 0.6) is 0 Å². The van der Waals surface area contributed by atoms with E-state index in [1.165, 1.54) is 9.75 Å². The molecule has 0 saturated heterocycles. The zero-order chi connectivity index (χ0) is 12.6. The van der Waals surface area contributed by atoms with E-state index in [9.17, 15) is 0 Å². The molecule has 0 aliphatic rings. The van der Waals surface area contributed by atoms with Gasteiger partial charge in [0.15, 0.2) is 0 Å². The SMILES string of the molecule is Cc1sc(C(Br)c2cccc(Cl)c2Cl)cc1Br. The van der Waals surface area contributed by atoms with E-state index in [0.717, 1.165) is 10.0 Å². The molecule has 2 rings (SSSR count). The predicted molar refractivity (Wildman–Crippen MR) is 84.0 cm³/mol. The van der Waals surface area contributed by atoms with E-state index in [4.69, 9.17) is 23.2 Å². The molecule has 90 valence electrons.